The van der Waals surface area contributed by atoms with E-state index in [2.05, 4.69) is 28.7 Å². The maximum Gasteiger partial charge on any atom is 0.155 e. The van der Waals surface area contributed by atoms with E-state index in [1.807, 2.05) is 18.7 Å². The SMILES string of the molecule is CCC(C)N1CCN(c2c(C=O)c(C)nn2C)CC1. The lowest BCUT2D eigenvalue weighted by atomic mass is 10.1. The number of anilines is 1. The number of aldehydes is 1. The van der Waals surface area contributed by atoms with Gasteiger partial charge >= 0.3 is 0 Å². The molecule has 19 heavy (non-hydrogen) atoms. The molecule has 0 radical (unpaired) electrons. The molecule has 106 valence electrons. The monoisotopic (exact) mass is 264 g/mol. The first-order valence-electron chi connectivity index (χ1n) is 7.06. The Morgan fingerprint density at radius 3 is 2.47 bits per heavy atom. The van der Waals surface area contributed by atoms with E-state index < -0.39 is 0 Å². The standard InChI is InChI=1S/C14H24N4O/c1-5-11(2)17-6-8-18(9-7-17)14-13(10-19)12(3)15-16(14)4/h10-11H,5-9H2,1-4H3. The van der Waals surface area contributed by atoms with Crippen LogP contribution in [0.3, 0.4) is 0 Å². The van der Waals surface area contributed by atoms with Crippen molar-refractivity contribution in [3.05, 3.63) is 11.3 Å². The molecule has 0 spiro atoms. The number of piperazine rings is 1. The lowest BCUT2D eigenvalue weighted by Gasteiger charge is -2.38. The van der Waals surface area contributed by atoms with Gasteiger partial charge in [-0.1, -0.05) is 6.92 Å². The van der Waals surface area contributed by atoms with Crippen LogP contribution in [0.5, 0.6) is 0 Å². The van der Waals surface area contributed by atoms with Crippen LogP contribution in [0.15, 0.2) is 0 Å². The largest absolute Gasteiger partial charge is 0.354 e. The smallest absolute Gasteiger partial charge is 0.155 e. The van der Waals surface area contributed by atoms with Crippen LogP contribution in [0.1, 0.15) is 36.3 Å². The van der Waals surface area contributed by atoms with Gasteiger partial charge in [0.25, 0.3) is 0 Å². The number of rotatable bonds is 4. The first kappa shape index (κ1) is 14.1. The summed E-state index contributed by atoms with van der Waals surface area (Å²) in [6.07, 6.45) is 2.11. The van der Waals surface area contributed by atoms with Crippen molar-refractivity contribution in [2.75, 3.05) is 31.1 Å². The molecule has 5 nitrogen and oxygen atoms in total. The maximum absolute atomic E-state index is 11.2. The molecule has 2 heterocycles. The molecule has 2 rings (SSSR count). The highest BCUT2D eigenvalue weighted by atomic mass is 16.1. The Balaban J connectivity index is 2.12. The van der Waals surface area contributed by atoms with E-state index in [0.717, 1.165) is 49.5 Å². The van der Waals surface area contributed by atoms with Crippen LogP contribution >= 0.6 is 0 Å². The Bertz CT molecular complexity index is 447. The van der Waals surface area contributed by atoms with Gasteiger partial charge in [-0.3, -0.25) is 14.4 Å². The van der Waals surface area contributed by atoms with Gasteiger partial charge < -0.3 is 4.90 Å². The zero-order valence-electron chi connectivity index (χ0n) is 12.4. The summed E-state index contributed by atoms with van der Waals surface area (Å²) < 4.78 is 1.83. The summed E-state index contributed by atoms with van der Waals surface area (Å²) in [6, 6.07) is 0.640. The van der Waals surface area contributed by atoms with Gasteiger partial charge in [0, 0.05) is 39.3 Å². The minimum Gasteiger partial charge on any atom is -0.354 e. The lowest BCUT2D eigenvalue weighted by molar-refractivity contribution is 0.112. The molecule has 0 N–H and O–H groups in total. The summed E-state index contributed by atoms with van der Waals surface area (Å²) in [4.78, 5) is 16.0. The molecule has 1 aliphatic rings. The Kier molecular flexibility index (Phi) is 4.24. The van der Waals surface area contributed by atoms with E-state index in [4.69, 9.17) is 0 Å². The molecule has 0 aliphatic carbocycles. The van der Waals surface area contributed by atoms with Gasteiger partial charge in [0.15, 0.2) is 6.29 Å². The van der Waals surface area contributed by atoms with Crippen molar-refractivity contribution in [3.63, 3.8) is 0 Å². The zero-order chi connectivity index (χ0) is 14.0. The number of hydrogen-bond acceptors (Lipinski definition) is 4. The third-order valence-electron chi connectivity index (χ3n) is 4.18. The van der Waals surface area contributed by atoms with Crippen molar-refractivity contribution < 1.29 is 4.79 Å². The summed E-state index contributed by atoms with van der Waals surface area (Å²) in [7, 11) is 1.91. The number of nitrogens with zero attached hydrogens (tertiary/aromatic N) is 4. The predicted octanol–water partition coefficient (Wildman–Crippen LogP) is 1.46. The predicted molar refractivity (Wildman–Crippen MR) is 76.9 cm³/mol. The number of hydrogen-bond donors (Lipinski definition) is 0. The molecule has 5 heteroatoms. The Morgan fingerprint density at radius 2 is 1.95 bits per heavy atom. The van der Waals surface area contributed by atoms with Crippen molar-refractivity contribution in [1.82, 2.24) is 14.7 Å². The molecule has 1 atom stereocenters. The van der Waals surface area contributed by atoms with Crippen LogP contribution in [0.25, 0.3) is 0 Å². The molecule has 1 saturated heterocycles. The molecule has 1 unspecified atom stereocenters. The van der Waals surface area contributed by atoms with E-state index in [1.54, 1.807) is 0 Å². The van der Waals surface area contributed by atoms with Gasteiger partial charge in [-0.2, -0.15) is 5.10 Å². The summed E-state index contributed by atoms with van der Waals surface area (Å²) in [5.74, 6) is 0.969. The van der Waals surface area contributed by atoms with Gasteiger partial charge in [-0.25, -0.2) is 0 Å². The summed E-state index contributed by atoms with van der Waals surface area (Å²) in [5.41, 5.74) is 1.55. The third kappa shape index (κ3) is 2.66. The van der Waals surface area contributed by atoms with Gasteiger partial charge in [0.05, 0.1) is 11.3 Å². The molecule has 1 aliphatic heterocycles. The lowest BCUT2D eigenvalue weighted by Crippen LogP contribution is -2.50. The van der Waals surface area contributed by atoms with Crippen LogP contribution in [0, 0.1) is 6.92 Å². The topological polar surface area (TPSA) is 41.4 Å². The number of aromatic nitrogens is 2. The van der Waals surface area contributed by atoms with Crippen LogP contribution in [-0.4, -0.2) is 53.2 Å². The van der Waals surface area contributed by atoms with E-state index >= 15 is 0 Å². The van der Waals surface area contributed by atoms with E-state index in [-0.39, 0.29) is 0 Å². The number of aryl methyl sites for hydroxylation is 2. The van der Waals surface area contributed by atoms with Crippen molar-refractivity contribution >= 4 is 12.1 Å². The molecule has 0 amide bonds. The van der Waals surface area contributed by atoms with Crippen molar-refractivity contribution in [2.45, 2.75) is 33.2 Å². The average Bonchev–Trinajstić information content (AvgIpc) is 2.72. The summed E-state index contributed by atoms with van der Waals surface area (Å²) in [6.45, 7) is 10.4. The van der Waals surface area contributed by atoms with Crippen LogP contribution < -0.4 is 4.90 Å². The zero-order valence-corrected chi connectivity index (χ0v) is 12.4. The molecule has 0 saturated carbocycles. The average molecular weight is 264 g/mol. The highest BCUT2D eigenvalue weighted by molar-refractivity contribution is 5.84. The maximum atomic E-state index is 11.2. The minimum atomic E-state index is 0.640. The normalized spacial score (nSPS) is 18.6. The molecule has 1 fully saturated rings. The molecular formula is C14H24N4O. The van der Waals surface area contributed by atoms with Gasteiger partial charge in [-0.15, -0.1) is 0 Å². The molecule has 1 aromatic heterocycles. The van der Waals surface area contributed by atoms with Crippen LogP contribution in [0.2, 0.25) is 0 Å². The second-order valence-electron chi connectivity index (χ2n) is 5.34. The second kappa shape index (κ2) is 5.74. The fourth-order valence-corrected chi connectivity index (χ4v) is 2.81. The fraction of sp³-hybridized carbons (Fsp3) is 0.714. The second-order valence-corrected chi connectivity index (χ2v) is 5.34. The van der Waals surface area contributed by atoms with E-state index in [0.29, 0.717) is 6.04 Å². The Labute approximate surface area is 115 Å². The highest BCUT2D eigenvalue weighted by Gasteiger charge is 2.24. The van der Waals surface area contributed by atoms with E-state index in [1.165, 1.54) is 6.42 Å². The quantitative estimate of drug-likeness (QED) is 0.772. The first-order chi connectivity index (χ1) is 9.08. The molecule has 0 bridgehead atoms. The van der Waals surface area contributed by atoms with Crippen LogP contribution in [-0.2, 0) is 7.05 Å². The molecule has 0 aromatic carbocycles. The number of carbonyl (C=O) groups excluding carboxylic acids is 1. The third-order valence-corrected chi connectivity index (χ3v) is 4.18. The molecule has 1 aromatic rings. The van der Waals surface area contributed by atoms with Crippen LogP contribution in [0.4, 0.5) is 5.82 Å². The Hall–Kier alpha value is -1.36. The summed E-state index contributed by atoms with van der Waals surface area (Å²) >= 11 is 0. The van der Waals surface area contributed by atoms with Gasteiger partial charge in [-0.05, 0) is 20.3 Å². The first-order valence-corrected chi connectivity index (χ1v) is 7.06. The number of carbonyl (C=O) groups is 1. The molecular weight excluding hydrogens is 240 g/mol. The van der Waals surface area contributed by atoms with Crippen molar-refractivity contribution in [1.29, 1.82) is 0 Å². The minimum absolute atomic E-state index is 0.640. The van der Waals surface area contributed by atoms with Gasteiger partial charge in [0.2, 0.25) is 0 Å². The van der Waals surface area contributed by atoms with E-state index in [9.17, 15) is 4.79 Å². The highest BCUT2D eigenvalue weighted by Crippen LogP contribution is 2.23. The van der Waals surface area contributed by atoms with Gasteiger partial charge in [0.1, 0.15) is 5.82 Å². The van der Waals surface area contributed by atoms with Crippen molar-refractivity contribution in [2.24, 2.45) is 7.05 Å². The summed E-state index contributed by atoms with van der Waals surface area (Å²) in [5, 5.41) is 4.36. The Morgan fingerprint density at radius 1 is 1.32 bits per heavy atom. The van der Waals surface area contributed by atoms with Crippen molar-refractivity contribution in [3.8, 4) is 0 Å². The fourth-order valence-electron chi connectivity index (χ4n) is 2.81.